The number of carbonyl (C=O) groups is 1. The topological polar surface area (TPSA) is 47.4 Å². The first-order valence-electron chi connectivity index (χ1n) is 5.12. The zero-order valence-corrected chi connectivity index (χ0v) is 10.1. The van der Waals surface area contributed by atoms with Gasteiger partial charge in [0.25, 0.3) is 0 Å². The molecule has 0 N–H and O–H groups in total. The molecule has 1 rings (SSSR count). The van der Waals surface area contributed by atoms with E-state index in [-0.39, 0.29) is 5.97 Å². The van der Waals surface area contributed by atoms with Crippen LogP contribution in [0.2, 0.25) is 0 Å². The van der Waals surface area contributed by atoms with E-state index in [1.165, 1.54) is 4.68 Å². The van der Waals surface area contributed by atoms with E-state index in [9.17, 15) is 4.79 Å². The lowest BCUT2D eigenvalue weighted by Gasteiger charge is -2.11. The maximum Gasteiger partial charge on any atom is 0.358 e. The van der Waals surface area contributed by atoms with Crippen LogP contribution in [0.4, 0.5) is 0 Å². The molecule has 1 heterocycles. The van der Waals surface area contributed by atoms with Crippen LogP contribution in [0.1, 0.15) is 12.6 Å². The van der Waals surface area contributed by atoms with E-state index in [1.807, 2.05) is 27.1 Å². The standard InChI is InChI=1S/C11H17N3O2/c1-5-16-11(15)10(8-13(3)4)14-7-6-9(2)12-14/h6-8H,5H2,1-4H3/b10-8-. The largest absolute Gasteiger partial charge is 0.461 e. The van der Waals surface area contributed by atoms with Crippen LogP contribution in [0.3, 0.4) is 0 Å². The normalized spacial score (nSPS) is 11.4. The van der Waals surface area contributed by atoms with Crippen LogP contribution in [-0.2, 0) is 9.53 Å². The summed E-state index contributed by atoms with van der Waals surface area (Å²) >= 11 is 0. The Bertz CT molecular complexity index is 394. The van der Waals surface area contributed by atoms with Gasteiger partial charge in [0, 0.05) is 26.5 Å². The summed E-state index contributed by atoms with van der Waals surface area (Å²) in [6, 6.07) is 1.84. The second kappa shape index (κ2) is 5.34. The summed E-state index contributed by atoms with van der Waals surface area (Å²) in [5, 5.41) is 4.19. The molecule has 0 aliphatic rings. The number of nitrogens with zero attached hydrogens (tertiary/aromatic N) is 3. The van der Waals surface area contributed by atoms with Crippen LogP contribution in [0.25, 0.3) is 5.70 Å². The molecule has 0 bridgehead atoms. The fourth-order valence-corrected chi connectivity index (χ4v) is 1.20. The zero-order valence-electron chi connectivity index (χ0n) is 10.1. The van der Waals surface area contributed by atoms with Crippen LogP contribution >= 0.6 is 0 Å². The van der Waals surface area contributed by atoms with Crippen molar-refractivity contribution in [1.82, 2.24) is 14.7 Å². The number of esters is 1. The first-order valence-corrected chi connectivity index (χ1v) is 5.12. The van der Waals surface area contributed by atoms with E-state index >= 15 is 0 Å². The SMILES string of the molecule is CCOC(=O)/C(=C/N(C)C)n1ccc(C)n1. The number of rotatable bonds is 4. The molecule has 0 amide bonds. The monoisotopic (exact) mass is 223 g/mol. The first kappa shape index (κ1) is 12.3. The quantitative estimate of drug-likeness (QED) is 0.567. The van der Waals surface area contributed by atoms with Crippen LogP contribution < -0.4 is 0 Å². The van der Waals surface area contributed by atoms with Crippen molar-refractivity contribution in [2.45, 2.75) is 13.8 Å². The van der Waals surface area contributed by atoms with Gasteiger partial charge in [-0.05, 0) is 19.9 Å². The Morgan fingerprint density at radius 1 is 1.62 bits per heavy atom. The molecule has 0 fully saturated rings. The molecule has 16 heavy (non-hydrogen) atoms. The van der Waals surface area contributed by atoms with Crippen molar-refractivity contribution in [2.75, 3.05) is 20.7 Å². The lowest BCUT2D eigenvalue weighted by Crippen LogP contribution is -2.16. The van der Waals surface area contributed by atoms with Gasteiger partial charge in [-0.1, -0.05) is 0 Å². The molecule has 0 atom stereocenters. The first-order chi connectivity index (χ1) is 7.54. The smallest absolute Gasteiger partial charge is 0.358 e. The third kappa shape index (κ3) is 3.12. The van der Waals surface area contributed by atoms with Crippen molar-refractivity contribution in [3.63, 3.8) is 0 Å². The molecule has 0 saturated carbocycles. The molecule has 0 unspecified atom stereocenters. The van der Waals surface area contributed by atoms with Crippen LogP contribution in [0, 0.1) is 6.92 Å². The average Bonchev–Trinajstić information content (AvgIpc) is 2.61. The average molecular weight is 223 g/mol. The predicted octanol–water partition coefficient (Wildman–Crippen LogP) is 1.11. The summed E-state index contributed by atoms with van der Waals surface area (Å²) in [5.74, 6) is -0.376. The number of aryl methyl sites for hydroxylation is 1. The lowest BCUT2D eigenvalue weighted by molar-refractivity contribution is -0.136. The van der Waals surface area contributed by atoms with Gasteiger partial charge >= 0.3 is 5.97 Å². The summed E-state index contributed by atoms with van der Waals surface area (Å²) < 4.78 is 6.50. The molecule has 0 aliphatic carbocycles. The number of ether oxygens (including phenoxy) is 1. The van der Waals surface area contributed by atoms with E-state index in [0.717, 1.165) is 5.69 Å². The van der Waals surface area contributed by atoms with E-state index in [2.05, 4.69) is 5.10 Å². The maximum absolute atomic E-state index is 11.7. The Kier molecular flexibility index (Phi) is 4.10. The van der Waals surface area contributed by atoms with Crippen LogP contribution in [0.15, 0.2) is 18.5 Å². The van der Waals surface area contributed by atoms with Crippen molar-refractivity contribution in [2.24, 2.45) is 0 Å². The molecule has 0 spiro atoms. The Balaban J connectivity index is 3.01. The van der Waals surface area contributed by atoms with E-state index in [4.69, 9.17) is 4.74 Å². The van der Waals surface area contributed by atoms with Gasteiger partial charge in [-0.15, -0.1) is 0 Å². The molecule has 0 aliphatic heterocycles. The highest BCUT2D eigenvalue weighted by Crippen LogP contribution is 2.07. The van der Waals surface area contributed by atoms with E-state index in [0.29, 0.717) is 12.3 Å². The van der Waals surface area contributed by atoms with Crippen molar-refractivity contribution in [3.8, 4) is 0 Å². The Morgan fingerprint density at radius 2 is 2.31 bits per heavy atom. The van der Waals surface area contributed by atoms with E-state index in [1.54, 1.807) is 24.2 Å². The van der Waals surface area contributed by atoms with Gasteiger partial charge in [0.15, 0.2) is 5.70 Å². The molecular weight excluding hydrogens is 206 g/mol. The third-order valence-corrected chi connectivity index (χ3v) is 1.83. The number of carbonyl (C=O) groups excluding carboxylic acids is 1. The van der Waals surface area contributed by atoms with Crippen molar-refractivity contribution in [3.05, 3.63) is 24.2 Å². The second-order valence-corrected chi connectivity index (χ2v) is 3.60. The minimum atomic E-state index is -0.376. The highest BCUT2D eigenvalue weighted by molar-refractivity contribution is 6.09. The maximum atomic E-state index is 11.7. The molecule has 1 aromatic heterocycles. The van der Waals surface area contributed by atoms with Crippen LogP contribution in [-0.4, -0.2) is 41.4 Å². The molecule has 0 radical (unpaired) electrons. The van der Waals surface area contributed by atoms with Gasteiger partial charge in [-0.2, -0.15) is 5.10 Å². The fraction of sp³-hybridized carbons (Fsp3) is 0.455. The molecule has 88 valence electrons. The zero-order chi connectivity index (χ0) is 12.1. The number of hydrogen-bond donors (Lipinski definition) is 0. The molecule has 1 aromatic rings. The third-order valence-electron chi connectivity index (χ3n) is 1.83. The summed E-state index contributed by atoms with van der Waals surface area (Å²) in [6.07, 6.45) is 3.42. The Labute approximate surface area is 95.3 Å². The Hall–Kier alpha value is -1.78. The lowest BCUT2D eigenvalue weighted by atomic mass is 10.4. The number of hydrogen-bond acceptors (Lipinski definition) is 4. The Morgan fingerprint density at radius 3 is 2.75 bits per heavy atom. The molecule has 0 saturated heterocycles. The highest BCUT2D eigenvalue weighted by atomic mass is 16.5. The van der Waals surface area contributed by atoms with Gasteiger partial charge in [0.2, 0.25) is 0 Å². The minimum Gasteiger partial charge on any atom is -0.461 e. The van der Waals surface area contributed by atoms with Gasteiger partial charge in [-0.3, -0.25) is 0 Å². The van der Waals surface area contributed by atoms with Gasteiger partial charge < -0.3 is 9.64 Å². The molecule has 5 heteroatoms. The number of aromatic nitrogens is 2. The highest BCUT2D eigenvalue weighted by Gasteiger charge is 2.14. The van der Waals surface area contributed by atoms with Gasteiger partial charge in [0.05, 0.1) is 12.3 Å². The van der Waals surface area contributed by atoms with Gasteiger partial charge in [-0.25, -0.2) is 9.48 Å². The molecule has 5 nitrogen and oxygen atoms in total. The summed E-state index contributed by atoms with van der Waals surface area (Å²) in [6.45, 7) is 4.00. The second-order valence-electron chi connectivity index (χ2n) is 3.60. The van der Waals surface area contributed by atoms with Crippen LogP contribution in [0.5, 0.6) is 0 Å². The van der Waals surface area contributed by atoms with Crippen molar-refractivity contribution >= 4 is 11.7 Å². The van der Waals surface area contributed by atoms with E-state index < -0.39 is 0 Å². The molecule has 0 aromatic carbocycles. The predicted molar refractivity (Wildman–Crippen MR) is 61.6 cm³/mol. The minimum absolute atomic E-state index is 0.351. The van der Waals surface area contributed by atoms with Crippen molar-refractivity contribution in [1.29, 1.82) is 0 Å². The fourth-order valence-electron chi connectivity index (χ4n) is 1.20. The summed E-state index contributed by atoms with van der Waals surface area (Å²) in [5.41, 5.74) is 1.26. The van der Waals surface area contributed by atoms with Gasteiger partial charge in [0.1, 0.15) is 0 Å². The summed E-state index contributed by atoms with van der Waals surface area (Å²) in [7, 11) is 3.69. The van der Waals surface area contributed by atoms with Crippen molar-refractivity contribution < 1.29 is 9.53 Å². The summed E-state index contributed by atoms with van der Waals surface area (Å²) in [4.78, 5) is 13.5. The molecular formula is C11H17N3O2.